The van der Waals surface area contributed by atoms with Gasteiger partial charge in [-0.25, -0.2) is 0 Å². The number of benzene rings is 1. The van der Waals surface area contributed by atoms with Crippen LogP contribution in [0.4, 0.5) is 0 Å². The molecule has 24 heavy (non-hydrogen) atoms. The van der Waals surface area contributed by atoms with Crippen molar-refractivity contribution in [2.75, 3.05) is 32.8 Å². The second kappa shape index (κ2) is 7.79. The van der Waals surface area contributed by atoms with Crippen LogP contribution in [0.25, 0.3) is 0 Å². The number of carbonyl (C=O) groups excluding carboxylic acids is 2. The van der Waals surface area contributed by atoms with Crippen LogP contribution in [0.3, 0.4) is 0 Å². The Labute approximate surface area is 143 Å². The average Bonchev–Trinajstić information content (AvgIpc) is 2.94. The number of nitrogens with zero attached hydrogens (tertiary/aromatic N) is 2. The maximum atomic E-state index is 12.8. The van der Waals surface area contributed by atoms with Gasteiger partial charge < -0.3 is 14.5 Å². The third-order valence-electron chi connectivity index (χ3n) is 5.01. The molecular formula is C19H26N2O3. The van der Waals surface area contributed by atoms with Crippen LogP contribution in [0.15, 0.2) is 30.3 Å². The van der Waals surface area contributed by atoms with E-state index in [-0.39, 0.29) is 17.9 Å². The van der Waals surface area contributed by atoms with E-state index in [2.05, 4.69) is 0 Å². The lowest BCUT2D eigenvalue weighted by atomic mass is 9.95. The maximum Gasteiger partial charge on any atom is 0.253 e. The van der Waals surface area contributed by atoms with E-state index < -0.39 is 0 Å². The highest BCUT2D eigenvalue weighted by atomic mass is 16.5. The van der Waals surface area contributed by atoms with Gasteiger partial charge in [0.15, 0.2) is 0 Å². The van der Waals surface area contributed by atoms with Crippen molar-refractivity contribution in [3.63, 3.8) is 0 Å². The van der Waals surface area contributed by atoms with Crippen LogP contribution < -0.4 is 0 Å². The molecule has 3 aliphatic heterocycles. The van der Waals surface area contributed by atoms with Crippen LogP contribution >= 0.6 is 0 Å². The van der Waals surface area contributed by atoms with E-state index in [4.69, 9.17) is 4.74 Å². The first kappa shape index (κ1) is 17.0. The van der Waals surface area contributed by atoms with Crippen LogP contribution in [-0.4, -0.2) is 60.5 Å². The SMILES string of the molecule is CCOCCC(=O)N1C[C@H]2CC[C@@H]1CN(C(=O)c1ccccc1)C2. The molecule has 1 aromatic carbocycles. The van der Waals surface area contributed by atoms with E-state index in [9.17, 15) is 9.59 Å². The molecule has 0 aliphatic carbocycles. The van der Waals surface area contributed by atoms with E-state index in [1.54, 1.807) is 0 Å². The highest BCUT2D eigenvalue weighted by molar-refractivity contribution is 5.94. The van der Waals surface area contributed by atoms with Gasteiger partial charge >= 0.3 is 0 Å². The van der Waals surface area contributed by atoms with Crippen LogP contribution in [0.5, 0.6) is 0 Å². The Morgan fingerprint density at radius 3 is 2.67 bits per heavy atom. The third kappa shape index (κ3) is 3.78. The number of hydrogen-bond donors (Lipinski definition) is 0. The topological polar surface area (TPSA) is 49.9 Å². The smallest absolute Gasteiger partial charge is 0.253 e. The van der Waals surface area contributed by atoms with Crippen LogP contribution in [0.1, 0.15) is 36.5 Å². The first-order valence-corrected chi connectivity index (χ1v) is 8.90. The molecule has 3 saturated heterocycles. The summed E-state index contributed by atoms with van der Waals surface area (Å²) in [6.07, 6.45) is 2.52. The molecule has 0 spiro atoms. The molecule has 2 atom stereocenters. The van der Waals surface area contributed by atoms with Crippen LogP contribution in [0, 0.1) is 5.92 Å². The summed E-state index contributed by atoms with van der Waals surface area (Å²) in [5.41, 5.74) is 0.730. The summed E-state index contributed by atoms with van der Waals surface area (Å²) in [7, 11) is 0. The van der Waals surface area contributed by atoms with Gasteiger partial charge in [-0.15, -0.1) is 0 Å². The Hall–Kier alpha value is -1.88. The second-order valence-electron chi connectivity index (χ2n) is 6.67. The Morgan fingerprint density at radius 1 is 1.12 bits per heavy atom. The summed E-state index contributed by atoms with van der Waals surface area (Å²) in [4.78, 5) is 29.2. The molecule has 5 heteroatoms. The van der Waals surface area contributed by atoms with Gasteiger partial charge in [0.25, 0.3) is 5.91 Å². The molecule has 3 fully saturated rings. The lowest BCUT2D eigenvalue weighted by molar-refractivity contribution is -0.136. The number of carbonyl (C=O) groups is 2. The Balaban J connectivity index is 1.67. The summed E-state index contributed by atoms with van der Waals surface area (Å²) < 4.78 is 5.31. The van der Waals surface area contributed by atoms with E-state index in [0.717, 1.165) is 31.5 Å². The van der Waals surface area contributed by atoms with Crippen molar-refractivity contribution in [1.29, 1.82) is 0 Å². The molecule has 0 aromatic heterocycles. The molecule has 3 heterocycles. The zero-order valence-electron chi connectivity index (χ0n) is 14.3. The minimum Gasteiger partial charge on any atom is -0.381 e. The van der Waals surface area contributed by atoms with Gasteiger partial charge in [-0.1, -0.05) is 18.2 Å². The van der Waals surface area contributed by atoms with Gasteiger partial charge in [-0.2, -0.15) is 0 Å². The molecule has 0 N–H and O–H groups in total. The molecule has 5 nitrogen and oxygen atoms in total. The minimum absolute atomic E-state index is 0.0797. The average molecular weight is 330 g/mol. The quantitative estimate of drug-likeness (QED) is 0.778. The molecular weight excluding hydrogens is 304 g/mol. The molecule has 4 rings (SSSR count). The number of hydrogen-bond acceptors (Lipinski definition) is 3. The van der Waals surface area contributed by atoms with E-state index in [1.165, 1.54) is 0 Å². The number of ether oxygens (including phenoxy) is 1. The summed E-state index contributed by atoms with van der Waals surface area (Å²) >= 11 is 0. The van der Waals surface area contributed by atoms with Gasteiger partial charge in [0.05, 0.1) is 13.0 Å². The van der Waals surface area contributed by atoms with Crippen molar-refractivity contribution in [2.45, 2.75) is 32.2 Å². The van der Waals surface area contributed by atoms with Crippen molar-refractivity contribution in [1.82, 2.24) is 9.80 Å². The van der Waals surface area contributed by atoms with Crippen molar-refractivity contribution < 1.29 is 14.3 Å². The van der Waals surface area contributed by atoms with E-state index in [0.29, 0.717) is 32.1 Å². The van der Waals surface area contributed by atoms with Crippen LogP contribution in [-0.2, 0) is 9.53 Å². The summed E-state index contributed by atoms with van der Waals surface area (Å²) in [5.74, 6) is 0.621. The molecule has 0 radical (unpaired) electrons. The highest BCUT2D eigenvalue weighted by Crippen LogP contribution is 2.29. The molecule has 1 aromatic rings. The van der Waals surface area contributed by atoms with Gasteiger partial charge in [0.2, 0.25) is 5.91 Å². The number of amides is 2. The van der Waals surface area contributed by atoms with Gasteiger partial charge in [-0.05, 0) is 37.8 Å². The molecule has 3 aliphatic rings. The van der Waals surface area contributed by atoms with E-state index >= 15 is 0 Å². The fraction of sp³-hybridized carbons (Fsp3) is 0.579. The number of rotatable bonds is 5. The van der Waals surface area contributed by atoms with Gasteiger partial charge in [0.1, 0.15) is 0 Å². The number of piperidine rings is 1. The zero-order chi connectivity index (χ0) is 16.9. The zero-order valence-corrected chi connectivity index (χ0v) is 14.3. The van der Waals surface area contributed by atoms with Crippen molar-refractivity contribution in [2.24, 2.45) is 5.92 Å². The van der Waals surface area contributed by atoms with Crippen molar-refractivity contribution in [3.8, 4) is 0 Å². The Bertz CT molecular complexity index is 575. The molecule has 130 valence electrons. The van der Waals surface area contributed by atoms with Gasteiger partial charge in [-0.3, -0.25) is 9.59 Å². The third-order valence-corrected chi connectivity index (χ3v) is 5.01. The summed E-state index contributed by atoms with van der Waals surface area (Å²) in [6, 6.07) is 9.57. The standard InChI is InChI=1S/C19H26N2O3/c1-2-24-11-10-18(22)21-13-15-8-9-17(21)14-20(12-15)19(23)16-6-4-3-5-7-16/h3-7,15,17H,2,8-14H2,1H3/t15-,17+/m0/s1. The summed E-state index contributed by atoms with van der Waals surface area (Å²) in [5, 5.41) is 0. The van der Waals surface area contributed by atoms with E-state index in [1.807, 2.05) is 47.1 Å². The Kier molecular flexibility index (Phi) is 5.51. The molecule has 0 saturated carbocycles. The van der Waals surface area contributed by atoms with Gasteiger partial charge in [0, 0.05) is 37.8 Å². The predicted octanol–water partition coefficient (Wildman–Crippen LogP) is 2.18. The largest absolute Gasteiger partial charge is 0.381 e. The van der Waals surface area contributed by atoms with Crippen molar-refractivity contribution >= 4 is 11.8 Å². The highest BCUT2D eigenvalue weighted by Gasteiger charge is 2.38. The Morgan fingerprint density at radius 2 is 1.92 bits per heavy atom. The fourth-order valence-corrected chi connectivity index (χ4v) is 3.76. The normalized spacial score (nSPS) is 23.2. The second-order valence-corrected chi connectivity index (χ2v) is 6.67. The first-order valence-electron chi connectivity index (χ1n) is 8.90. The predicted molar refractivity (Wildman–Crippen MR) is 91.7 cm³/mol. The fourth-order valence-electron chi connectivity index (χ4n) is 3.76. The maximum absolute atomic E-state index is 12.8. The minimum atomic E-state index is 0.0797. The lowest BCUT2D eigenvalue weighted by Crippen LogP contribution is -2.48. The van der Waals surface area contributed by atoms with Crippen LogP contribution in [0.2, 0.25) is 0 Å². The first-order chi connectivity index (χ1) is 11.7. The lowest BCUT2D eigenvalue weighted by Gasteiger charge is -2.36. The number of fused-ring (bicyclic) bond motifs is 4. The molecule has 0 unspecified atom stereocenters. The van der Waals surface area contributed by atoms with Crippen molar-refractivity contribution in [3.05, 3.63) is 35.9 Å². The monoisotopic (exact) mass is 330 g/mol. The summed E-state index contributed by atoms with van der Waals surface area (Å²) in [6.45, 7) is 5.22. The molecule has 2 bridgehead atoms. The molecule has 2 amide bonds.